The van der Waals surface area contributed by atoms with Gasteiger partial charge >= 0.3 is 0 Å². The third-order valence-electron chi connectivity index (χ3n) is 3.44. The summed E-state index contributed by atoms with van der Waals surface area (Å²) in [6.45, 7) is 8.17. The van der Waals surface area contributed by atoms with Crippen molar-refractivity contribution in [2.24, 2.45) is 0 Å². The minimum atomic E-state index is -0.112. The van der Waals surface area contributed by atoms with E-state index < -0.39 is 0 Å². The molecule has 0 fully saturated rings. The molecule has 0 unspecified atom stereocenters. The molecular formula is C16H20N6OS2. The van der Waals surface area contributed by atoms with Gasteiger partial charge in [-0.2, -0.15) is 0 Å². The summed E-state index contributed by atoms with van der Waals surface area (Å²) >= 11 is 2.78. The molecule has 0 aliphatic carbocycles. The lowest BCUT2D eigenvalue weighted by molar-refractivity contribution is -0.113. The first-order valence-corrected chi connectivity index (χ1v) is 9.65. The van der Waals surface area contributed by atoms with Crippen molar-refractivity contribution in [2.75, 3.05) is 11.1 Å². The Morgan fingerprint density at radius 1 is 1.28 bits per heavy atom. The molecule has 0 saturated carbocycles. The number of aryl methyl sites for hydroxylation is 1. The van der Waals surface area contributed by atoms with Gasteiger partial charge in [0, 0.05) is 23.2 Å². The number of amides is 1. The fraction of sp³-hybridized carbons (Fsp3) is 0.375. The highest BCUT2D eigenvalue weighted by Gasteiger charge is 2.18. The molecule has 0 spiro atoms. The maximum absolute atomic E-state index is 12.2. The van der Waals surface area contributed by atoms with E-state index in [1.807, 2.05) is 46.2 Å². The fourth-order valence-corrected chi connectivity index (χ4v) is 3.85. The van der Waals surface area contributed by atoms with Crippen molar-refractivity contribution in [3.05, 3.63) is 41.4 Å². The van der Waals surface area contributed by atoms with Gasteiger partial charge in [0.05, 0.1) is 11.4 Å². The summed E-state index contributed by atoms with van der Waals surface area (Å²) in [6, 6.07) is 3.85. The molecule has 0 aromatic carbocycles. The van der Waals surface area contributed by atoms with Gasteiger partial charge in [0.15, 0.2) is 11.0 Å². The molecule has 3 aromatic rings. The van der Waals surface area contributed by atoms with Gasteiger partial charge in [-0.25, -0.2) is 9.66 Å². The van der Waals surface area contributed by atoms with Gasteiger partial charge in [0.1, 0.15) is 0 Å². The summed E-state index contributed by atoms with van der Waals surface area (Å²) in [5.41, 5.74) is 0.947. The average molecular weight is 377 g/mol. The summed E-state index contributed by atoms with van der Waals surface area (Å²) in [7, 11) is 0. The monoisotopic (exact) mass is 376 g/mol. The van der Waals surface area contributed by atoms with Gasteiger partial charge in [-0.1, -0.05) is 32.5 Å². The minimum Gasteiger partial charge on any atom is -0.301 e. The van der Waals surface area contributed by atoms with E-state index in [9.17, 15) is 4.79 Å². The summed E-state index contributed by atoms with van der Waals surface area (Å²) in [4.78, 5) is 16.7. The molecule has 0 radical (unpaired) electrons. The Kier molecular flexibility index (Phi) is 4.96. The molecule has 0 saturated heterocycles. The zero-order valence-electron chi connectivity index (χ0n) is 14.6. The SMILES string of the molecule is Cc1nnc(SCC(=O)Nc2nc(C(C)(C)C)cs2)n1-n1cccc1. The van der Waals surface area contributed by atoms with Crippen molar-refractivity contribution in [3.63, 3.8) is 0 Å². The molecule has 0 bridgehead atoms. The molecule has 7 nitrogen and oxygen atoms in total. The second-order valence-electron chi connectivity index (χ2n) is 6.53. The number of hydrogen-bond donors (Lipinski definition) is 1. The first kappa shape index (κ1) is 17.7. The molecule has 1 N–H and O–H groups in total. The quantitative estimate of drug-likeness (QED) is 0.692. The molecule has 3 heterocycles. The Hall–Kier alpha value is -2.13. The van der Waals surface area contributed by atoms with Crippen molar-refractivity contribution >= 4 is 34.1 Å². The van der Waals surface area contributed by atoms with Crippen molar-refractivity contribution in [3.8, 4) is 0 Å². The Balaban J connectivity index is 1.63. The molecule has 0 aliphatic heterocycles. The largest absolute Gasteiger partial charge is 0.301 e. The lowest BCUT2D eigenvalue weighted by Gasteiger charge is -2.14. The van der Waals surface area contributed by atoms with Gasteiger partial charge in [-0.15, -0.1) is 21.5 Å². The van der Waals surface area contributed by atoms with Crippen LogP contribution in [0.2, 0.25) is 0 Å². The number of aromatic nitrogens is 5. The zero-order chi connectivity index (χ0) is 18.0. The molecule has 9 heteroatoms. The standard InChI is InChI=1S/C16H20N6OS2/c1-11-19-20-15(22(11)21-7-5-6-8-21)25-10-13(23)18-14-17-12(9-24-14)16(2,3)4/h5-9H,10H2,1-4H3,(H,17,18,23). The van der Waals surface area contributed by atoms with Gasteiger partial charge in [0.2, 0.25) is 11.1 Å². The van der Waals surface area contributed by atoms with Crippen molar-refractivity contribution in [1.29, 1.82) is 0 Å². The first-order valence-electron chi connectivity index (χ1n) is 7.79. The number of rotatable bonds is 5. The number of carbonyl (C=O) groups excluding carboxylic acids is 1. The highest BCUT2D eigenvalue weighted by atomic mass is 32.2. The van der Waals surface area contributed by atoms with Crippen LogP contribution in [-0.4, -0.2) is 36.2 Å². The van der Waals surface area contributed by atoms with Crippen LogP contribution in [0.3, 0.4) is 0 Å². The van der Waals surface area contributed by atoms with Gasteiger partial charge in [0.25, 0.3) is 0 Å². The number of thioether (sulfide) groups is 1. The third kappa shape index (κ3) is 4.10. The summed E-state index contributed by atoms with van der Waals surface area (Å²) < 4.78 is 3.74. The van der Waals surface area contributed by atoms with Crippen LogP contribution in [0.5, 0.6) is 0 Å². The predicted molar refractivity (Wildman–Crippen MR) is 100 cm³/mol. The Bertz CT molecular complexity index is 860. The van der Waals surface area contributed by atoms with Crippen molar-refractivity contribution in [1.82, 2.24) is 24.5 Å². The van der Waals surface area contributed by atoms with Gasteiger partial charge in [-0.05, 0) is 19.1 Å². The number of hydrogen-bond acceptors (Lipinski definition) is 6. The van der Waals surface area contributed by atoms with Crippen LogP contribution in [0, 0.1) is 6.92 Å². The Labute approximate surface area is 154 Å². The Morgan fingerprint density at radius 2 is 2.00 bits per heavy atom. The van der Waals surface area contributed by atoms with Crippen LogP contribution in [-0.2, 0) is 10.2 Å². The van der Waals surface area contributed by atoms with Crippen LogP contribution in [0.1, 0.15) is 32.3 Å². The molecule has 3 aromatic heterocycles. The number of nitrogens with zero attached hydrogens (tertiary/aromatic N) is 5. The maximum Gasteiger partial charge on any atom is 0.236 e. The van der Waals surface area contributed by atoms with Crippen molar-refractivity contribution in [2.45, 2.75) is 38.3 Å². The zero-order valence-corrected chi connectivity index (χ0v) is 16.2. The number of carbonyl (C=O) groups is 1. The molecule has 25 heavy (non-hydrogen) atoms. The van der Waals surface area contributed by atoms with Crippen LogP contribution in [0.15, 0.2) is 35.1 Å². The van der Waals surface area contributed by atoms with Crippen molar-refractivity contribution < 1.29 is 4.79 Å². The predicted octanol–water partition coefficient (Wildman–Crippen LogP) is 3.18. The van der Waals surface area contributed by atoms with E-state index >= 15 is 0 Å². The summed E-state index contributed by atoms with van der Waals surface area (Å²) in [5, 5.41) is 14.4. The highest BCUT2D eigenvalue weighted by molar-refractivity contribution is 7.99. The first-order chi connectivity index (χ1) is 11.8. The average Bonchev–Trinajstić information content (AvgIpc) is 3.24. The lowest BCUT2D eigenvalue weighted by Crippen LogP contribution is -2.16. The second kappa shape index (κ2) is 7.01. The van der Waals surface area contributed by atoms with E-state index in [-0.39, 0.29) is 17.1 Å². The van der Waals surface area contributed by atoms with Crippen LogP contribution in [0.4, 0.5) is 5.13 Å². The third-order valence-corrected chi connectivity index (χ3v) is 5.12. The summed E-state index contributed by atoms with van der Waals surface area (Å²) in [6.07, 6.45) is 3.81. The Morgan fingerprint density at radius 3 is 2.64 bits per heavy atom. The summed E-state index contributed by atoms with van der Waals surface area (Å²) in [5.74, 6) is 0.887. The minimum absolute atomic E-state index is 0.0288. The molecule has 132 valence electrons. The van der Waals surface area contributed by atoms with E-state index in [4.69, 9.17) is 0 Å². The molecule has 0 aliphatic rings. The van der Waals surface area contributed by atoms with E-state index in [1.165, 1.54) is 23.1 Å². The van der Waals surface area contributed by atoms with E-state index in [2.05, 4.69) is 41.3 Å². The van der Waals surface area contributed by atoms with Crippen LogP contribution in [0.25, 0.3) is 0 Å². The molecule has 1 amide bonds. The van der Waals surface area contributed by atoms with E-state index in [1.54, 1.807) is 0 Å². The lowest BCUT2D eigenvalue weighted by atomic mass is 9.93. The molecule has 3 rings (SSSR count). The number of thiazole rings is 1. The highest BCUT2D eigenvalue weighted by Crippen LogP contribution is 2.26. The number of nitrogens with one attached hydrogen (secondary N) is 1. The van der Waals surface area contributed by atoms with E-state index in [0.29, 0.717) is 10.3 Å². The maximum atomic E-state index is 12.2. The van der Waals surface area contributed by atoms with Crippen LogP contribution >= 0.6 is 23.1 Å². The molecule has 0 atom stereocenters. The normalized spacial score (nSPS) is 11.7. The smallest absolute Gasteiger partial charge is 0.236 e. The molecular weight excluding hydrogens is 356 g/mol. The van der Waals surface area contributed by atoms with Crippen LogP contribution < -0.4 is 5.32 Å². The van der Waals surface area contributed by atoms with Gasteiger partial charge in [-0.3, -0.25) is 9.47 Å². The number of anilines is 1. The fourth-order valence-electron chi connectivity index (χ4n) is 2.11. The van der Waals surface area contributed by atoms with Gasteiger partial charge < -0.3 is 5.32 Å². The van der Waals surface area contributed by atoms with E-state index in [0.717, 1.165) is 11.5 Å². The second-order valence-corrected chi connectivity index (χ2v) is 8.33. The topological polar surface area (TPSA) is 77.6 Å².